The van der Waals surface area contributed by atoms with Gasteiger partial charge in [-0.05, 0) is 61.3 Å². The van der Waals surface area contributed by atoms with Gasteiger partial charge in [-0.25, -0.2) is 9.59 Å². The smallest absolute Gasteiger partial charge is 0.337 e. The largest absolute Gasteiger partial charge is 0.465 e. The van der Waals surface area contributed by atoms with Crippen LogP contribution < -0.4 is 10.6 Å². The molecule has 5 heteroatoms. The van der Waals surface area contributed by atoms with Gasteiger partial charge in [0.15, 0.2) is 0 Å². The van der Waals surface area contributed by atoms with Crippen molar-refractivity contribution in [2.75, 3.05) is 12.4 Å². The third-order valence-corrected chi connectivity index (χ3v) is 4.85. The highest BCUT2D eigenvalue weighted by Crippen LogP contribution is 2.37. The van der Waals surface area contributed by atoms with E-state index in [4.69, 9.17) is 0 Å². The Balaban J connectivity index is 1.81. The summed E-state index contributed by atoms with van der Waals surface area (Å²) in [6.07, 6.45) is 4.36. The van der Waals surface area contributed by atoms with Crippen molar-refractivity contribution in [1.82, 2.24) is 5.32 Å². The van der Waals surface area contributed by atoms with Crippen LogP contribution >= 0.6 is 0 Å². The summed E-state index contributed by atoms with van der Waals surface area (Å²) < 4.78 is 4.65. The summed E-state index contributed by atoms with van der Waals surface area (Å²) in [4.78, 5) is 23.5. The third kappa shape index (κ3) is 4.98. The first-order valence-corrected chi connectivity index (χ1v) is 8.55. The molecule has 2 amide bonds. The topological polar surface area (TPSA) is 67.4 Å². The Morgan fingerprint density at radius 3 is 2.12 bits per heavy atom. The van der Waals surface area contributed by atoms with Crippen LogP contribution in [0.5, 0.6) is 0 Å². The maximum atomic E-state index is 12.1. The third-order valence-electron chi connectivity index (χ3n) is 4.85. The molecule has 1 fully saturated rings. The molecule has 132 valence electrons. The molecule has 0 bridgehead atoms. The molecule has 0 saturated heterocycles. The molecule has 1 aromatic rings. The summed E-state index contributed by atoms with van der Waals surface area (Å²) in [5.41, 5.74) is 1.46. The predicted octanol–water partition coefficient (Wildman–Crippen LogP) is 4.20. The van der Waals surface area contributed by atoms with E-state index in [2.05, 4.69) is 36.1 Å². The van der Waals surface area contributed by atoms with Gasteiger partial charge in [0.1, 0.15) is 0 Å². The maximum Gasteiger partial charge on any atom is 0.337 e. The molecule has 1 aliphatic carbocycles. The van der Waals surface area contributed by atoms with Crippen LogP contribution in [0.1, 0.15) is 56.8 Å². The van der Waals surface area contributed by atoms with E-state index >= 15 is 0 Å². The fraction of sp³-hybridized carbons (Fsp3) is 0.579. The molecule has 0 aromatic heterocycles. The van der Waals surface area contributed by atoms with Gasteiger partial charge >= 0.3 is 12.0 Å². The van der Waals surface area contributed by atoms with Crippen LogP contribution in [0.25, 0.3) is 0 Å². The standard InChI is InChI=1S/C19H28N2O3/c1-19(2,3)14-7-11-16(12-8-14)21-18(23)20-15-9-5-13(6-10-15)17(22)24-4/h5-6,9-10,14,16H,7-8,11-12H2,1-4H3,(H2,20,21,23). The van der Waals surface area contributed by atoms with Crippen molar-refractivity contribution in [3.8, 4) is 0 Å². The number of carbonyl (C=O) groups is 2. The zero-order valence-corrected chi connectivity index (χ0v) is 15.0. The van der Waals surface area contributed by atoms with Crippen LogP contribution in [-0.4, -0.2) is 25.2 Å². The summed E-state index contributed by atoms with van der Waals surface area (Å²) in [6, 6.07) is 6.70. The van der Waals surface area contributed by atoms with Crippen molar-refractivity contribution in [2.45, 2.75) is 52.5 Å². The van der Waals surface area contributed by atoms with Gasteiger partial charge in [-0.1, -0.05) is 20.8 Å². The normalized spacial score (nSPS) is 21.0. The molecule has 1 aliphatic rings. The number of nitrogens with one attached hydrogen (secondary N) is 2. The second-order valence-corrected chi connectivity index (χ2v) is 7.58. The summed E-state index contributed by atoms with van der Waals surface area (Å²) >= 11 is 0. The number of rotatable bonds is 3. The van der Waals surface area contributed by atoms with Crippen molar-refractivity contribution in [2.24, 2.45) is 11.3 Å². The Morgan fingerprint density at radius 1 is 1.04 bits per heavy atom. The fourth-order valence-corrected chi connectivity index (χ4v) is 3.26. The highest BCUT2D eigenvalue weighted by Gasteiger charge is 2.30. The van der Waals surface area contributed by atoms with Crippen LogP contribution in [0.15, 0.2) is 24.3 Å². The summed E-state index contributed by atoms with van der Waals surface area (Å²) in [5.74, 6) is 0.339. The second-order valence-electron chi connectivity index (χ2n) is 7.58. The van der Waals surface area contributed by atoms with Crippen molar-refractivity contribution in [1.29, 1.82) is 0 Å². The van der Waals surface area contributed by atoms with E-state index < -0.39 is 0 Å². The number of ether oxygens (including phenoxy) is 1. The minimum absolute atomic E-state index is 0.194. The summed E-state index contributed by atoms with van der Waals surface area (Å²) in [7, 11) is 1.34. The number of carbonyl (C=O) groups excluding carboxylic acids is 2. The van der Waals surface area contributed by atoms with Gasteiger partial charge in [-0.3, -0.25) is 0 Å². The van der Waals surface area contributed by atoms with E-state index in [-0.39, 0.29) is 18.0 Å². The molecule has 0 heterocycles. The molecule has 0 radical (unpaired) electrons. The van der Waals surface area contributed by atoms with E-state index in [1.165, 1.54) is 7.11 Å². The van der Waals surface area contributed by atoms with Gasteiger partial charge in [0.05, 0.1) is 12.7 Å². The lowest BCUT2D eigenvalue weighted by Crippen LogP contribution is -2.41. The van der Waals surface area contributed by atoms with Gasteiger partial charge in [0.25, 0.3) is 0 Å². The number of urea groups is 1. The molecule has 0 spiro atoms. The molecular formula is C19H28N2O3. The minimum atomic E-state index is -0.387. The zero-order valence-electron chi connectivity index (χ0n) is 15.0. The monoisotopic (exact) mass is 332 g/mol. The maximum absolute atomic E-state index is 12.1. The number of methoxy groups -OCH3 is 1. The van der Waals surface area contributed by atoms with Gasteiger partial charge in [0.2, 0.25) is 0 Å². The summed E-state index contributed by atoms with van der Waals surface area (Å²) in [6.45, 7) is 6.86. The number of esters is 1. The van der Waals surface area contributed by atoms with E-state index in [1.54, 1.807) is 24.3 Å². The van der Waals surface area contributed by atoms with E-state index in [0.717, 1.165) is 31.6 Å². The molecule has 1 saturated carbocycles. The number of hydrogen-bond donors (Lipinski definition) is 2. The quantitative estimate of drug-likeness (QED) is 0.815. The lowest BCUT2D eigenvalue weighted by molar-refractivity contribution is 0.0600. The molecule has 2 N–H and O–H groups in total. The predicted molar refractivity (Wildman–Crippen MR) is 95.1 cm³/mol. The highest BCUT2D eigenvalue weighted by atomic mass is 16.5. The molecule has 0 unspecified atom stereocenters. The molecule has 2 rings (SSSR count). The van der Waals surface area contributed by atoms with E-state index in [0.29, 0.717) is 16.7 Å². The SMILES string of the molecule is COC(=O)c1ccc(NC(=O)NC2CCC(C(C)(C)C)CC2)cc1. The minimum Gasteiger partial charge on any atom is -0.465 e. The lowest BCUT2D eigenvalue weighted by Gasteiger charge is -2.37. The molecule has 1 aromatic carbocycles. The first-order valence-electron chi connectivity index (χ1n) is 8.55. The number of amides is 2. The van der Waals surface area contributed by atoms with Gasteiger partial charge < -0.3 is 15.4 Å². The first kappa shape index (κ1) is 18.3. The average Bonchev–Trinajstić information content (AvgIpc) is 2.54. The van der Waals surface area contributed by atoms with Crippen molar-refractivity contribution < 1.29 is 14.3 Å². The van der Waals surface area contributed by atoms with E-state index in [1.807, 2.05) is 0 Å². The van der Waals surface area contributed by atoms with Crippen molar-refractivity contribution in [3.05, 3.63) is 29.8 Å². The fourth-order valence-electron chi connectivity index (χ4n) is 3.26. The van der Waals surface area contributed by atoms with E-state index in [9.17, 15) is 9.59 Å². The Kier molecular flexibility index (Phi) is 5.86. The second kappa shape index (κ2) is 7.69. The average molecular weight is 332 g/mol. The lowest BCUT2D eigenvalue weighted by atomic mass is 9.71. The Hall–Kier alpha value is -2.04. The van der Waals surface area contributed by atoms with Crippen molar-refractivity contribution in [3.63, 3.8) is 0 Å². The molecule has 0 atom stereocenters. The van der Waals surface area contributed by atoms with Crippen LogP contribution in [0, 0.1) is 11.3 Å². The Labute approximate surface area is 144 Å². The van der Waals surface area contributed by atoms with Crippen LogP contribution in [0.3, 0.4) is 0 Å². The Bertz CT molecular complexity index is 567. The van der Waals surface area contributed by atoms with Crippen LogP contribution in [0.4, 0.5) is 10.5 Å². The number of anilines is 1. The van der Waals surface area contributed by atoms with Gasteiger partial charge in [-0.2, -0.15) is 0 Å². The number of benzene rings is 1. The molecule has 24 heavy (non-hydrogen) atoms. The summed E-state index contributed by atoms with van der Waals surface area (Å²) in [5, 5.41) is 5.86. The molecule has 0 aliphatic heterocycles. The van der Waals surface area contributed by atoms with Crippen LogP contribution in [-0.2, 0) is 4.74 Å². The van der Waals surface area contributed by atoms with Crippen molar-refractivity contribution >= 4 is 17.7 Å². The van der Waals surface area contributed by atoms with Gasteiger partial charge in [-0.15, -0.1) is 0 Å². The molecule has 5 nitrogen and oxygen atoms in total. The number of hydrogen-bond acceptors (Lipinski definition) is 3. The van der Waals surface area contributed by atoms with Gasteiger partial charge in [0, 0.05) is 11.7 Å². The zero-order chi connectivity index (χ0) is 17.7. The van der Waals surface area contributed by atoms with Crippen LogP contribution in [0.2, 0.25) is 0 Å². The highest BCUT2D eigenvalue weighted by molar-refractivity contribution is 5.92. The molecular weight excluding hydrogens is 304 g/mol. The first-order chi connectivity index (χ1) is 11.3. The Morgan fingerprint density at radius 2 is 1.62 bits per heavy atom.